The Hall–Kier alpha value is -1.89. The molecular formula is C18H24F2N4O. The number of nitrogens with one attached hydrogen (secondary N) is 3. The minimum Gasteiger partial charge on any atom is -0.367 e. The van der Waals surface area contributed by atoms with Crippen LogP contribution in [0.15, 0.2) is 18.2 Å². The second-order valence-electron chi connectivity index (χ2n) is 7.42. The number of amides is 2. The van der Waals surface area contributed by atoms with Crippen LogP contribution in [0.2, 0.25) is 0 Å². The van der Waals surface area contributed by atoms with Gasteiger partial charge in [-0.1, -0.05) is 0 Å². The van der Waals surface area contributed by atoms with Crippen molar-refractivity contribution in [1.29, 1.82) is 0 Å². The fraction of sp³-hybridized carbons (Fsp3) is 0.611. The zero-order chi connectivity index (χ0) is 17.4. The molecule has 3 aliphatic rings. The predicted molar refractivity (Wildman–Crippen MR) is 91.6 cm³/mol. The van der Waals surface area contributed by atoms with Gasteiger partial charge >= 0.3 is 6.03 Å². The number of carbonyl (C=O) groups is 1. The van der Waals surface area contributed by atoms with Crippen molar-refractivity contribution in [3.8, 4) is 0 Å². The Bertz CT molecular complexity index is 664. The highest BCUT2D eigenvalue weighted by molar-refractivity contribution is 5.75. The zero-order valence-electron chi connectivity index (χ0n) is 14.2. The lowest BCUT2D eigenvalue weighted by atomic mass is 9.73. The van der Waals surface area contributed by atoms with E-state index in [-0.39, 0.29) is 23.7 Å². The molecule has 0 radical (unpaired) electrons. The monoisotopic (exact) mass is 350 g/mol. The van der Waals surface area contributed by atoms with E-state index >= 15 is 0 Å². The smallest absolute Gasteiger partial charge is 0.315 e. The van der Waals surface area contributed by atoms with Crippen molar-refractivity contribution in [3.05, 3.63) is 29.8 Å². The predicted octanol–water partition coefficient (Wildman–Crippen LogP) is 2.13. The van der Waals surface area contributed by atoms with Gasteiger partial charge in [0.15, 0.2) is 0 Å². The summed E-state index contributed by atoms with van der Waals surface area (Å²) in [6.45, 7) is 2.12. The molecule has 25 heavy (non-hydrogen) atoms. The van der Waals surface area contributed by atoms with Crippen LogP contribution in [0.3, 0.4) is 0 Å². The lowest BCUT2D eigenvalue weighted by Crippen LogP contribution is -2.61. The molecule has 0 aromatic heterocycles. The van der Waals surface area contributed by atoms with Gasteiger partial charge in [-0.05, 0) is 50.8 Å². The average Bonchev–Trinajstić information content (AvgIpc) is 3.14. The van der Waals surface area contributed by atoms with Crippen molar-refractivity contribution < 1.29 is 13.6 Å². The first-order valence-corrected chi connectivity index (χ1v) is 9.08. The van der Waals surface area contributed by atoms with Gasteiger partial charge in [-0.3, -0.25) is 0 Å². The minimum atomic E-state index is -0.579. The Morgan fingerprint density at radius 3 is 2.80 bits per heavy atom. The third-order valence-electron chi connectivity index (χ3n) is 5.90. The van der Waals surface area contributed by atoms with Crippen LogP contribution in [0, 0.1) is 11.6 Å². The molecule has 0 bridgehead atoms. The van der Waals surface area contributed by atoms with Crippen LogP contribution in [0.25, 0.3) is 0 Å². The van der Waals surface area contributed by atoms with Crippen LogP contribution in [-0.4, -0.2) is 43.3 Å². The van der Waals surface area contributed by atoms with Crippen molar-refractivity contribution in [3.63, 3.8) is 0 Å². The molecule has 2 heterocycles. The molecule has 2 amide bonds. The van der Waals surface area contributed by atoms with Gasteiger partial charge in [0.1, 0.15) is 11.6 Å². The molecule has 1 aromatic carbocycles. The summed E-state index contributed by atoms with van der Waals surface area (Å²) in [6, 6.07) is 3.62. The van der Waals surface area contributed by atoms with Gasteiger partial charge in [-0.25, -0.2) is 13.6 Å². The van der Waals surface area contributed by atoms with Crippen molar-refractivity contribution in [2.75, 3.05) is 24.5 Å². The van der Waals surface area contributed by atoms with Crippen molar-refractivity contribution in [1.82, 2.24) is 16.0 Å². The molecule has 2 saturated heterocycles. The van der Waals surface area contributed by atoms with Crippen LogP contribution >= 0.6 is 0 Å². The van der Waals surface area contributed by atoms with Crippen molar-refractivity contribution in [2.45, 2.75) is 49.7 Å². The van der Waals surface area contributed by atoms with E-state index in [2.05, 4.69) is 16.0 Å². The second-order valence-corrected chi connectivity index (χ2v) is 7.42. The number of benzene rings is 1. The van der Waals surface area contributed by atoms with E-state index in [1.165, 1.54) is 18.6 Å². The fourth-order valence-electron chi connectivity index (χ4n) is 4.38. The molecule has 5 nitrogen and oxygen atoms in total. The maximum absolute atomic E-state index is 13.9. The van der Waals surface area contributed by atoms with E-state index in [4.69, 9.17) is 0 Å². The molecule has 2 atom stereocenters. The van der Waals surface area contributed by atoms with Crippen LogP contribution in [-0.2, 0) is 0 Å². The lowest BCUT2D eigenvalue weighted by molar-refractivity contribution is 0.168. The van der Waals surface area contributed by atoms with Gasteiger partial charge in [-0.15, -0.1) is 0 Å². The Morgan fingerprint density at radius 2 is 2.08 bits per heavy atom. The van der Waals surface area contributed by atoms with Crippen LogP contribution in [0.5, 0.6) is 0 Å². The standard InChI is InChI=1S/C18H24F2N4O/c19-12-2-3-15(14(20)10-12)24-9-5-13(11-24)22-17(25)23-16-4-8-21-18(16)6-1-7-18/h2-3,10,13,16,21H,1,4-9,11H2,(H2,22,23,25). The summed E-state index contributed by atoms with van der Waals surface area (Å²) in [5, 5.41) is 9.66. The topological polar surface area (TPSA) is 56.4 Å². The van der Waals surface area contributed by atoms with Crippen LogP contribution < -0.4 is 20.9 Å². The SMILES string of the molecule is O=C(NC1CCN(c2ccc(F)cc2F)C1)NC1CCNC12CCC2. The van der Waals surface area contributed by atoms with Gasteiger partial charge in [0.05, 0.1) is 5.69 Å². The number of urea groups is 1. The third-order valence-corrected chi connectivity index (χ3v) is 5.90. The molecule has 1 aliphatic carbocycles. The molecular weight excluding hydrogens is 326 g/mol. The summed E-state index contributed by atoms with van der Waals surface area (Å²) >= 11 is 0. The van der Waals surface area contributed by atoms with E-state index < -0.39 is 11.6 Å². The number of nitrogens with zero attached hydrogens (tertiary/aromatic N) is 1. The molecule has 1 aromatic rings. The fourth-order valence-corrected chi connectivity index (χ4v) is 4.38. The Kier molecular flexibility index (Phi) is 4.27. The normalized spacial score (nSPS) is 27.4. The minimum absolute atomic E-state index is 0.0313. The highest BCUT2D eigenvalue weighted by Crippen LogP contribution is 2.39. The number of hydrogen-bond donors (Lipinski definition) is 3. The molecule has 3 fully saturated rings. The Balaban J connectivity index is 1.31. The summed E-state index contributed by atoms with van der Waals surface area (Å²) < 4.78 is 26.9. The maximum Gasteiger partial charge on any atom is 0.315 e. The number of carbonyl (C=O) groups excluding carboxylic acids is 1. The van der Waals surface area contributed by atoms with Gasteiger partial charge in [-0.2, -0.15) is 0 Å². The molecule has 1 saturated carbocycles. The molecule has 7 heteroatoms. The van der Waals surface area contributed by atoms with Gasteiger partial charge in [0, 0.05) is 36.8 Å². The first-order valence-electron chi connectivity index (χ1n) is 9.08. The lowest BCUT2D eigenvalue weighted by Gasteiger charge is -2.43. The molecule has 3 N–H and O–H groups in total. The highest BCUT2D eigenvalue weighted by Gasteiger charge is 2.47. The second kappa shape index (κ2) is 6.44. The number of halogens is 2. The Morgan fingerprint density at radius 1 is 1.24 bits per heavy atom. The molecule has 2 unspecified atom stereocenters. The largest absolute Gasteiger partial charge is 0.367 e. The number of hydrogen-bond acceptors (Lipinski definition) is 3. The summed E-state index contributed by atoms with van der Waals surface area (Å²) in [5.41, 5.74) is 0.496. The first-order chi connectivity index (χ1) is 12.1. The summed E-state index contributed by atoms with van der Waals surface area (Å²) in [7, 11) is 0. The van der Waals surface area contributed by atoms with Gasteiger partial charge in [0.25, 0.3) is 0 Å². The molecule has 136 valence electrons. The van der Waals surface area contributed by atoms with Crippen LogP contribution in [0.4, 0.5) is 19.3 Å². The van der Waals surface area contributed by atoms with Gasteiger partial charge < -0.3 is 20.9 Å². The summed E-state index contributed by atoms with van der Waals surface area (Å²) in [6.07, 6.45) is 5.18. The van der Waals surface area contributed by atoms with E-state index in [9.17, 15) is 13.6 Å². The van der Waals surface area contributed by atoms with Crippen molar-refractivity contribution >= 4 is 11.7 Å². The summed E-state index contributed by atoms with van der Waals surface area (Å²) in [4.78, 5) is 14.2. The Labute approximate surface area is 146 Å². The first kappa shape index (κ1) is 16.6. The maximum atomic E-state index is 13.9. The van der Waals surface area contributed by atoms with E-state index in [1.54, 1.807) is 0 Å². The number of rotatable bonds is 3. The summed E-state index contributed by atoms with van der Waals surface area (Å²) in [5.74, 6) is -1.14. The van der Waals surface area contributed by atoms with Gasteiger partial charge in [0.2, 0.25) is 0 Å². The van der Waals surface area contributed by atoms with Crippen molar-refractivity contribution in [2.24, 2.45) is 0 Å². The third kappa shape index (κ3) is 3.17. The highest BCUT2D eigenvalue weighted by atomic mass is 19.1. The molecule has 4 rings (SSSR count). The van der Waals surface area contributed by atoms with E-state index in [0.29, 0.717) is 18.8 Å². The quantitative estimate of drug-likeness (QED) is 0.783. The average molecular weight is 350 g/mol. The molecule has 1 spiro atoms. The zero-order valence-corrected chi connectivity index (χ0v) is 14.2. The molecule has 2 aliphatic heterocycles. The van der Waals surface area contributed by atoms with Crippen LogP contribution in [0.1, 0.15) is 32.1 Å². The van der Waals surface area contributed by atoms with E-state index in [0.717, 1.165) is 38.3 Å². The van der Waals surface area contributed by atoms with E-state index in [1.807, 2.05) is 4.90 Å². The number of anilines is 1.